The Balaban J connectivity index is 2.71. The lowest BCUT2D eigenvalue weighted by Gasteiger charge is -2.19. The van der Waals surface area contributed by atoms with E-state index in [1.165, 1.54) is 0 Å². The monoisotopic (exact) mass is 290 g/mol. The Labute approximate surface area is 125 Å². The van der Waals surface area contributed by atoms with Crippen molar-refractivity contribution in [3.8, 4) is 0 Å². The van der Waals surface area contributed by atoms with Gasteiger partial charge in [0.25, 0.3) is 0 Å². The molecule has 0 aliphatic heterocycles. The van der Waals surface area contributed by atoms with E-state index in [4.69, 9.17) is 10.6 Å². The number of hydrogen-bond acceptors (Lipinski definition) is 4. The molecule has 1 aromatic carbocycles. The number of carbonyl (C=O) groups excluding carboxylic acids is 1. The summed E-state index contributed by atoms with van der Waals surface area (Å²) in [5.74, 6) is 5.76. The number of carbonyl (C=O) groups is 1. The highest BCUT2D eigenvalue weighted by Gasteiger charge is 2.15. The van der Waals surface area contributed by atoms with Crippen LogP contribution in [0, 0.1) is 0 Å². The second-order valence-corrected chi connectivity index (χ2v) is 5.40. The number of amides is 1. The Morgan fingerprint density at radius 2 is 2.14 bits per heavy atom. The maximum absolute atomic E-state index is 11.6. The molecule has 0 saturated heterocycles. The molecule has 0 radical (unpaired) electrons. The standard InChI is InChI=1S/C15H22N4O2/c1-5-17-13(19-16)12-8-6-7-11(9-12)10-18-14(20)21-15(2,3)4/h5-9H,10,16H2,1-4H3,(H,18,20)/b17-5?,19-13-. The summed E-state index contributed by atoms with van der Waals surface area (Å²) < 4.78 is 5.18. The van der Waals surface area contributed by atoms with Crippen LogP contribution >= 0.6 is 0 Å². The number of rotatable bonds is 3. The van der Waals surface area contributed by atoms with Gasteiger partial charge in [-0.05, 0) is 39.3 Å². The van der Waals surface area contributed by atoms with Crippen LogP contribution in [-0.4, -0.2) is 23.7 Å². The van der Waals surface area contributed by atoms with E-state index < -0.39 is 11.7 Å². The van der Waals surface area contributed by atoms with E-state index in [9.17, 15) is 4.79 Å². The average molecular weight is 290 g/mol. The molecule has 1 amide bonds. The van der Waals surface area contributed by atoms with Crippen molar-refractivity contribution in [3.05, 3.63) is 35.4 Å². The fourth-order valence-electron chi connectivity index (χ4n) is 1.61. The van der Waals surface area contributed by atoms with Gasteiger partial charge < -0.3 is 15.9 Å². The molecule has 0 bridgehead atoms. The molecule has 0 heterocycles. The topological polar surface area (TPSA) is 89.1 Å². The SMILES string of the molecule is CC=N/C(=N\N)c1cccc(CNC(=O)OC(C)(C)C)c1. The second-order valence-electron chi connectivity index (χ2n) is 5.40. The van der Waals surface area contributed by atoms with Gasteiger partial charge in [0.05, 0.1) is 0 Å². The van der Waals surface area contributed by atoms with Crippen LogP contribution in [0.1, 0.15) is 38.8 Å². The van der Waals surface area contributed by atoms with Crippen LogP contribution in [0.15, 0.2) is 34.4 Å². The van der Waals surface area contributed by atoms with Gasteiger partial charge in [0, 0.05) is 18.3 Å². The van der Waals surface area contributed by atoms with Gasteiger partial charge in [0.2, 0.25) is 0 Å². The molecule has 6 heteroatoms. The molecule has 0 unspecified atom stereocenters. The van der Waals surface area contributed by atoms with Crippen molar-refractivity contribution in [1.82, 2.24) is 5.32 Å². The first-order chi connectivity index (χ1) is 9.85. The Kier molecular flexibility index (Phi) is 5.90. The molecular weight excluding hydrogens is 268 g/mol. The van der Waals surface area contributed by atoms with Crippen LogP contribution in [0.3, 0.4) is 0 Å². The van der Waals surface area contributed by atoms with Crippen molar-refractivity contribution in [2.24, 2.45) is 15.9 Å². The number of aliphatic imine (C=N–C) groups is 1. The third-order valence-corrected chi connectivity index (χ3v) is 2.39. The van der Waals surface area contributed by atoms with Crippen molar-refractivity contribution in [3.63, 3.8) is 0 Å². The van der Waals surface area contributed by atoms with E-state index >= 15 is 0 Å². The molecule has 0 aromatic heterocycles. The predicted molar refractivity (Wildman–Crippen MR) is 84.4 cm³/mol. The second kappa shape index (κ2) is 7.42. The van der Waals surface area contributed by atoms with Crippen molar-refractivity contribution in [1.29, 1.82) is 0 Å². The summed E-state index contributed by atoms with van der Waals surface area (Å²) in [6, 6.07) is 7.48. The first kappa shape index (κ1) is 16.7. The zero-order valence-corrected chi connectivity index (χ0v) is 12.9. The lowest BCUT2D eigenvalue weighted by atomic mass is 10.1. The molecule has 21 heavy (non-hydrogen) atoms. The Morgan fingerprint density at radius 3 is 2.71 bits per heavy atom. The number of nitrogens with one attached hydrogen (secondary N) is 1. The molecule has 0 aliphatic rings. The lowest BCUT2D eigenvalue weighted by Crippen LogP contribution is -2.32. The quantitative estimate of drug-likeness (QED) is 0.388. The highest BCUT2D eigenvalue weighted by Crippen LogP contribution is 2.09. The van der Waals surface area contributed by atoms with Crippen molar-refractivity contribution in [2.75, 3.05) is 0 Å². The number of hydrazone groups is 1. The molecule has 3 N–H and O–H groups in total. The molecule has 0 fully saturated rings. The minimum Gasteiger partial charge on any atom is -0.444 e. The molecule has 6 nitrogen and oxygen atoms in total. The normalized spacial score (nSPS) is 12.5. The van der Waals surface area contributed by atoms with Gasteiger partial charge in [-0.2, -0.15) is 5.10 Å². The van der Waals surface area contributed by atoms with Crippen LogP contribution in [0.25, 0.3) is 0 Å². The fraction of sp³-hybridized carbons (Fsp3) is 0.400. The molecule has 0 atom stereocenters. The summed E-state index contributed by atoms with van der Waals surface area (Å²) >= 11 is 0. The van der Waals surface area contributed by atoms with Gasteiger partial charge in [-0.15, -0.1) is 0 Å². The molecule has 1 rings (SSSR count). The minimum atomic E-state index is -0.513. The Morgan fingerprint density at radius 1 is 1.43 bits per heavy atom. The van der Waals surface area contributed by atoms with E-state index in [-0.39, 0.29) is 0 Å². The van der Waals surface area contributed by atoms with Crippen LogP contribution < -0.4 is 11.2 Å². The summed E-state index contributed by atoms with van der Waals surface area (Å²) in [5.41, 5.74) is 1.19. The van der Waals surface area contributed by atoms with Gasteiger partial charge in [-0.3, -0.25) is 0 Å². The predicted octanol–water partition coefficient (Wildman–Crippen LogP) is 2.42. The third kappa shape index (κ3) is 6.07. The van der Waals surface area contributed by atoms with Gasteiger partial charge >= 0.3 is 6.09 Å². The zero-order chi connectivity index (χ0) is 15.9. The Hall–Kier alpha value is -2.37. The van der Waals surface area contributed by atoms with E-state index in [0.717, 1.165) is 11.1 Å². The summed E-state index contributed by atoms with van der Waals surface area (Å²) in [4.78, 5) is 15.7. The van der Waals surface area contributed by atoms with Crippen LogP contribution in [-0.2, 0) is 11.3 Å². The molecule has 0 aliphatic carbocycles. The van der Waals surface area contributed by atoms with Gasteiger partial charge in [0.15, 0.2) is 5.84 Å². The largest absolute Gasteiger partial charge is 0.444 e. The zero-order valence-electron chi connectivity index (χ0n) is 12.9. The number of ether oxygens (including phenoxy) is 1. The van der Waals surface area contributed by atoms with Crippen molar-refractivity contribution >= 4 is 18.1 Å². The minimum absolute atomic E-state index is 0.358. The molecule has 0 saturated carbocycles. The summed E-state index contributed by atoms with van der Waals surface area (Å²) in [7, 11) is 0. The van der Waals surface area contributed by atoms with E-state index in [1.54, 1.807) is 13.1 Å². The number of benzene rings is 1. The number of hydrogen-bond donors (Lipinski definition) is 2. The number of alkyl carbamates (subject to hydrolysis) is 1. The smallest absolute Gasteiger partial charge is 0.407 e. The molecule has 0 spiro atoms. The number of amidine groups is 1. The Bertz CT molecular complexity index is 545. The van der Waals surface area contributed by atoms with Crippen LogP contribution in [0.4, 0.5) is 4.79 Å². The first-order valence-electron chi connectivity index (χ1n) is 6.68. The van der Waals surface area contributed by atoms with Crippen LogP contribution in [0.5, 0.6) is 0 Å². The van der Waals surface area contributed by atoms with Gasteiger partial charge in [-0.25, -0.2) is 9.79 Å². The lowest BCUT2D eigenvalue weighted by molar-refractivity contribution is 0.0523. The van der Waals surface area contributed by atoms with E-state index in [1.807, 2.05) is 45.0 Å². The third-order valence-electron chi connectivity index (χ3n) is 2.39. The summed E-state index contributed by atoms with van der Waals surface area (Å²) in [6.07, 6.45) is 1.17. The molecule has 114 valence electrons. The van der Waals surface area contributed by atoms with Crippen molar-refractivity contribution in [2.45, 2.75) is 39.8 Å². The molecule has 1 aromatic rings. The van der Waals surface area contributed by atoms with Crippen molar-refractivity contribution < 1.29 is 9.53 Å². The average Bonchev–Trinajstić information content (AvgIpc) is 2.41. The number of nitrogens with zero attached hydrogens (tertiary/aromatic N) is 2. The summed E-state index contributed by atoms with van der Waals surface area (Å²) in [5, 5.41) is 6.34. The highest BCUT2D eigenvalue weighted by atomic mass is 16.6. The van der Waals surface area contributed by atoms with E-state index in [2.05, 4.69) is 15.4 Å². The van der Waals surface area contributed by atoms with Gasteiger partial charge in [0.1, 0.15) is 5.60 Å². The van der Waals surface area contributed by atoms with Crippen LogP contribution in [0.2, 0.25) is 0 Å². The van der Waals surface area contributed by atoms with E-state index in [0.29, 0.717) is 12.4 Å². The maximum Gasteiger partial charge on any atom is 0.407 e. The molecular formula is C15H22N4O2. The fourth-order valence-corrected chi connectivity index (χ4v) is 1.61. The first-order valence-corrected chi connectivity index (χ1v) is 6.68. The summed E-state index contributed by atoms with van der Waals surface area (Å²) in [6.45, 7) is 7.61. The maximum atomic E-state index is 11.6. The highest BCUT2D eigenvalue weighted by molar-refractivity contribution is 6.02. The van der Waals surface area contributed by atoms with Gasteiger partial charge in [-0.1, -0.05) is 18.2 Å². The number of nitrogens with two attached hydrogens (primary N) is 1.